The van der Waals surface area contributed by atoms with Crippen molar-refractivity contribution in [2.75, 3.05) is 6.54 Å². The number of H-pyrrole nitrogens is 1. The van der Waals surface area contributed by atoms with Crippen LogP contribution in [0.5, 0.6) is 0 Å². The molecule has 0 saturated heterocycles. The number of carbonyl (C=O) groups excluding carboxylic acids is 1. The molecule has 0 aliphatic rings. The zero-order valence-corrected chi connectivity index (χ0v) is 17.9. The van der Waals surface area contributed by atoms with Crippen molar-refractivity contribution in [1.29, 1.82) is 0 Å². The third kappa shape index (κ3) is 5.19. The van der Waals surface area contributed by atoms with Gasteiger partial charge in [0.05, 0.1) is 24.0 Å². The van der Waals surface area contributed by atoms with Crippen LogP contribution >= 0.6 is 11.3 Å². The average molecular weight is 435 g/mol. The van der Waals surface area contributed by atoms with Gasteiger partial charge in [0.1, 0.15) is 10.8 Å². The first-order valence-electron chi connectivity index (χ1n) is 9.97. The fraction of sp³-hybridized carbons (Fsp3) is 0.227. The number of benzene rings is 2. The molecule has 2 N–H and O–H groups in total. The molecule has 4 rings (SSSR count). The maximum atomic E-state index is 12.4. The summed E-state index contributed by atoms with van der Waals surface area (Å²) in [5.41, 5.74) is 1.55. The van der Waals surface area contributed by atoms with E-state index in [1.807, 2.05) is 55.5 Å². The first kappa shape index (κ1) is 20.8. The van der Waals surface area contributed by atoms with Gasteiger partial charge in [0.2, 0.25) is 5.01 Å². The molecular weight excluding hydrogens is 412 g/mol. The molecule has 0 spiro atoms. The van der Waals surface area contributed by atoms with Crippen molar-refractivity contribution in [2.24, 2.45) is 0 Å². The highest BCUT2D eigenvalue weighted by Gasteiger charge is 2.15. The molecule has 0 saturated carbocycles. The lowest BCUT2D eigenvalue weighted by atomic mass is 10.2. The van der Waals surface area contributed by atoms with Crippen molar-refractivity contribution in [3.8, 4) is 0 Å². The van der Waals surface area contributed by atoms with Crippen LogP contribution in [0.25, 0.3) is 10.9 Å². The van der Waals surface area contributed by atoms with Gasteiger partial charge >= 0.3 is 0 Å². The zero-order valence-electron chi connectivity index (χ0n) is 17.0. The van der Waals surface area contributed by atoms with Crippen molar-refractivity contribution < 1.29 is 4.79 Å². The van der Waals surface area contributed by atoms with Crippen LogP contribution in [0.3, 0.4) is 0 Å². The Morgan fingerprint density at radius 3 is 2.65 bits per heavy atom. The second-order valence-electron chi connectivity index (χ2n) is 7.00. The van der Waals surface area contributed by atoms with E-state index in [0.717, 1.165) is 17.1 Å². The fourth-order valence-electron chi connectivity index (χ4n) is 3.16. The van der Waals surface area contributed by atoms with Crippen molar-refractivity contribution >= 4 is 28.1 Å². The average Bonchev–Trinajstić information content (AvgIpc) is 3.26. The van der Waals surface area contributed by atoms with Crippen LogP contribution in [-0.2, 0) is 19.6 Å². The summed E-state index contributed by atoms with van der Waals surface area (Å²) in [4.78, 5) is 34.2. The normalized spacial score (nSPS) is 11.2. The molecule has 158 valence electrons. The lowest BCUT2D eigenvalue weighted by Crippen LogP contribution is -2.25. The minimum absolute atomic E-state index is 0.148. The van der Waals surface area contributed by atoms with Crippen LogP contribution in [0.15, 0.2) is 59.4 Å². The van der Waals surface area contributed by atoms with E-state index in [2.05, 4.69) is 30.4 Å². The van der Waals surface area contributed by atoms with E-state index >= 15 is 0 Å². The van der Waals surface area contributed by atoms with Gasteiger partial charge in [0.15, 0.2) is 0 Å². The molecule has 0 unspecified atom stereocenters. The number of aromatic amines is 1. The molecule has 2 aromatic carbocycles. The maximum absolute atomic E-state index is 12.4. The SMILES string of the molecule is CCN(Cc1nc2ccccc2c(=O)[nH]1)Cc1nnc(C(=O)NCc2ccccc2)s1. The van der Waals surface area contributed by atoms with Crippen molar-refractivity contribution in [3.63, 3.8) is 0 Å². The molecule has 0 fully saturated rings. The summed E-state index contributed by atoms with van der Waals surface area (Å²) in [5, 5.41) is 12.7. The first-order valence-corrected chi connectivity index (χ1v) is 10.8. The van der Waals surface area contributed by atoms with Gasteiger partial charge in [-0.1, -0.05) is 60.7 Å². The summed E-state index contributed by atoms with van der Waals surface area (Å²) in [6.07, 6.45) is 0. The summed E-state index contributed by atoms with van der Waals surface area (Å²) in [5.74, 6) is 0.354. The number of para-hydroxylation sites is 1. The predicted molar refractivity (Wildman–Crippen MR) is 120 cm³/mol. The second-order valence-corrected chi connectivity index (χ2v) is 8.06. The van der Waals surface area contributed by atoms with Gasteiger partial charge in [-0.15, -0.1) is 10.2 Å². The Morgan fingerprint density at radius 2 is 1.84 bits per heavy atom. The zero-order chi connectivity index (χ0) is 21.6. The Balaban J connectivity index is 1.39. The third-order valence-electron chi connectivity index (χ3n) is 4.80. The Morgan fingerprint density at radius 1 is 1.06 bits per heavy atom. The number of rotatable bonds is 8. The van der Waals surface area contributed by atoms with Crippen LogP contribution in [0.2, 0.25) is 0 Å². The highest BCUT2D eigenvalue weighted by molar-refractivity contribution is 7.13. The topological polar surface area (TPSA) is 104 Å². The molecule has 9 heteroatoms. The Labute approximate surface area is 183 Å². The van der Waals surface area contributed by atoms with Gasteiger partial charge in [-0.25, -0.2) is 4.98 Å². The first-order chi connectivity index (χ1) is 15.1. The molecule has 8 nitrogen and oxygen atoms in total. The standard InChI is InChI=1S/C22H22N6O2S/c1-2-28(13-18-24-17-11-7-6-10-16(17)20(29)25-18)14-19-26-27-22(31-19)21(30)23-12-15-8-4-3-5-9-15/h3-11H,2,12-14H2,1H3,(H,23,30)(H,24,25,29). The largest absolute Gasteiger partial charge is 0.346 e. The van der Waals surface area contributed by atoms with Gasteiger partial charge < -0.3 is 10.3 Å². The summed E-state index contributed by atoms with van der Waals surface area (Å²) in [6.45, 7) is 4.17. The summed E-state index contributed by atoms with van der Waals surface area (Å²) in [6, 6.07) is 17.0. The molecule has 0 aliphatic heterocycles. The van der Waals surface area contributed by atoms with Crippen LogP contribution in [0.4, 0.5) is 0 Å². The van der Waals surface area contributed by atoms with Crippen molar-refractivity contribution in [2.45, 2.75) is 26.6 Å². The van der Waals surface area contributed by atoms with Gasteiger partial charge in [-0.05, 0) is 24.2 Å². The second kappa shape index (κ2) is 9.59. The molecular formula is C22H22N6O2S. The van der Waals surface area contributed by atoms with E-state index in [-0.39, 0.29) is 11.5 Å². The van der Waals surface area contributed by atoms with Crippen LogP contribution < -0.4 is 10.9 Å². The summed E-state index contributed by atoms with van der Waals surface area (Å²) < 4.78 is 0. The minimum Gasteiger partial charge on any atom is -0.346 e. The van der Waals surface area contributed by atoms with Gasteiger partial charge in [0.25, 0.3) is 11.5 Å². The third-order valence-corrected chi connectivity index (χ3v) is 5.71. The van der Waals surface area contributed by atoms with Crippen LogP contribution in [0.1, 0.15) is 33.1 Å². The van der Waals surface area contributed by atoms with Gasteiger partial charge in [0, 0.05) is 6.54 Å². The van der Waals surface area contributed by atoms with Crippen molar-refractivity contribution in [3.05, 3.63) is 86.4 Å². The highest BCUT2D eigenvalue weighted by Crippen LogP contribution is 2.14. The number of fused-ring (bicyclic) bond motifs is 1. The quantitative estimate of drug-likeness (QED) is 0.442. The number of carbonyl (C=O) groups is 1. The number of nitrogens with zero attached hydrogens (tertiary/aromatic N) is 4. The lowest BCUT2D eigenvalue weighted by Gasteiger charge is -2.18. The fourth-order valence-corrected chi connectivity index (χ4v) is 3.95. The van der Waals surface area contributed by atoms with E-state index in [0.29, 0.717) is 41.4 Å². The molecule has 0 aliphatic carbocycles. The molecule has 0 radical (unpaired) electrons. The van der Waals surface area contributed by atoms with E-state index in [4.69, 9.17) is 0 Å². The van der Waals surface area contributed by atoms with E-state index in [1.165, 1.54) is 11.3 Å². The summed E-state index contributed by atoms with van der Waals surface area (Å²) in [7, 11) is 0. The number of hydrogen-bond donors (Lipinski definition) is 2. The Bertz CT molecular complexity index is 1240. The number of aromatic nitrogens is 4. The van der Waals surface area contributed by atoms with E-state index in [1.54, 1.807) is 6.07 Å². The minimum atomic E-state index is -0.240. The van der Waals surface area contributed by atoms with Crippen LogP contribution in [-0.4, -0.2) is 37.5 Å². The summed E-state index contributed by atoms with van der Waals surface area (Å²) >= 11 is 1.27. The van der Waals surface area contributed by atoms with Gasteiger partial charge in [-0.3, -0.25) is 14.5 Å². The number of nitrogens with one attached hydrogen (secondary N) is 2. The Hall–Kier alpha value is -3.43. The molecule has 0 atom stereocenters. The highest BCUT2D eigenvalue weighted by atomic mass is 32.1. The van der Waals surface area contributed by atoms with Gasteiger partial charge in [-0.2, -0.15) is 0 Å². The molecule has 0 bridgehead atoms. The maximum Gasteiger partial charge on any atom is 0.282 e. The number of amides is 1. The predicted octanol–water partition coefficient (Wildman–Crippen LogP) is 2.73. The van der Waals surface area contributed by atoms with Crippen molar-refractivity contribution in [1.82, 2.24) is 30.4 Å². The monoisotopic (exact) mass is 434 g/mol. The Kier molecular flexibility index (Phi) is 6.44. The number of hydrogen-bond acceptors (Lipinski definition) is 7. The van der Waals surface area contributed by atoms with E-state index < -0.39 is 0 Å². The molecule has 4 aromatic rings. The lowest BCUT2D eigenvalue weighted by molar-refractivity contribution is 0.0950. The van der Waals surface area contributed by atoms with E-state index in [9.17, 15) is 9.59 Å². The molecule has 31 heavy (non-hydrogen) atoms. The smallest absolute Gasteiger partial charge is 0.282 e. The molecule has 2 aromatic heterocycles. The molecule has 1 amide bonds. The molecule has 2 heterocycles. The van der Waals surface area contributed by atoms with Crippen LogP contribution in [0, 0.1) is 0 Å².